The Morgan fingerprint density at radius 1 is 1.07 bits per heavy atom. The van der Waals surface area contributed by atoms with E-state index >= 15 is 0 Å². The number of fused-ring (bicyclic) bond motifs is 1. The first-order valence-electron chi connectivity index (χ1n) is 8.99. The second kappa shape index (κ2) is 7.46. The molecule has 29 heavy (non-hydrogen) atoms. The number of carbonyl (C=O) groups excluding carboxylic acids is 1. The molecule has 0 radical (unpaired) electrons. The van der Waals surface area contributed by atoms with Gasteiger partial charge in [0.2, 0.25) is 5.91 Å². The van der Waals surface area contributed by atoms with E-state index in [9.17, 15) is 9.18 Å². The van der Waals surface area contributed by atoms with Crippen molar-refractivity contribution >= 4 is 11.7 Å². The first-order valence-corrected chi connectivity index (χ1v) is 8.99. The highest BCUT2D eigenvalue weighted by atomic mass is 19.1. The SMILES string of the molecule is COc1cc(OC)c([C@@H]2CC(=O)Nc3c2ncn3-c2ccccc2F)cc1OC. The fraction of sp³-hybridized carbons (Fsp3) is 0.238. The van der Waals surface area contributed by atoms with Crippen LogP contribution in [0.1, 0.15) is 23.6 Å². The molecule has 7 nitrogen and oxygen atoms in total. The Bertz CT molecular complexity index is 1080. The smallest absolute Gasteiger partial charge is 0.226 e. The van der Waals surface area contributed by atoms with E-state index in [-0.39, 0.29) is 18.2 Å². The molecule has 2 heterocycles. The van der Waals surface area contributed by atoms with Gasteiger partial charge in [-0.05, 0) is 18.2 Å². The van der Waals surface area contributed by atoms with E-state index in [2.05, 4.69) is 10.3 Å². The number of hydrogen-bond donors (Lipinski definition) is 1. The number of halogens is 1. The van der Waals surface area contributed by atoms with E-state index in [4.69, 9.17) is 14.2 Å². The third-order valence-electron chi connectivity index (χ3n) is 5.00. The molecular formula is C21H20FN3O4. The number of hydrogen-bond acceptors (Lipinski definition) is 5. The van der Waals surface area contributed by atoms with E-state index in [1.54, 1.807) is 56.2 Å². The summed E-state index contributed by atoms with van der Waals surface area (Å²) in [6, 6.07) is 9.83. The Hall–Kier alpha value is -3.55. The van der Waals surface area contributed by atoms with Gasteiger partial charge < -0.3 is 19.5 Å². The number of carbonyl (C=O) groups is 1. The van der Waals surface area contributed by atoms with Gasteiger partial charge in [0.15, 0.2) is 11.5 Å². The lowest BCUT2D eigenvalue weighted by Gasteiger charge is -2.25. The number of methoxy groups -OCH3 is 3. The summed E-state index contributed by atoms with van der Waals surface area (Å²) in [5, 5.41) is 2.82. The van der Waals surface area contributed by atoms with Crippen LogP contribution in [0.3, 0.4) is 0 Å². The number of benzene rings is 2. The number of rotatable bonds is 5. The maximum absolute atomic E-state index is 14.3. The minimum atomic E-state index is -0.409. The van der Waals surface area contributed by atoms with Gasteiger partial charge in [-0.15, -0.1) is 0 Å². The summed E-state index contributed by atoms with van der Waals surface area (Å²) in [5.74, 6) is 1.03. The van der Waals surface area contributed by atoms with Gasteiger partial charge in [0, 0.05) is 24.0 Å². The molecule has 0 saturated heterocycles. The summed E-state index contributed by atoms with van der Waals surface area (Å²) in [6.45, 7) is 0. The Morgan fingerprint density at radius 3 is 2.45 bits per heavy atom. The number of ether oxygens (including phenoxy) is 3. The second-order valence-electron chi connectivity index (χ2n) is 6.55. The third kappa shape index (κ3) is 3.16. The van der Waals surface area contributed by atoms with Gasteiger partial charge in [-0.3, -0.25) is 9.36 Å². The van der Waals surface area contributed by atoms with Gasteiger partial charge in [0.25, 0.3) is 0 Å². The zero-order chi connectivity index (χ0) is 20.5. The van der Waals surface area contributed by atoms with E-state index in [1.165, 1.54) is 12.4 Å². The number of para-hydroxylation sites is 1. The number of anilines is 1. The van der Waals surface area contributed by atoms with Crippen molar-refractivity contribution in [1.29, 1.82) is 0 Å². The summed E-state index contributed by atoms with van der Waals surface area (Å²) in [6.07, 6.45) is 1.68. The van der Waals surface area contributed by atoms with Gasteiger partial charge in [-0.1, -0.05) is 12.1 Å². The standard InChI is InChI=1S/C21H20FN3O4/c1-27-16-10-18(29-3)17(28-2)8-12(16)13-9-19(26)24-21-20(13)23-11-25(21)15-7-5-4-6-14(15)22/h4-8,10-11,13H,9H2,1-3H3,(H,24,26)/t13-/m0/s1. The molecule has 0 saturated carbocycles. The molecular weight excluding hydrogens is 377 g/mol. The van der Waals surface area contributed by atoms with Crippen molar-refractivity contribution in [2.75, 3.05) is 26.6 Å². The molecule has 0 spiro atoms. The molecule has 0 bridgehead atoms. The Labute approximate surface area is 167 Å². The lowest BCUT2D eigenvalue weighted by Crippen LogP contribution is -2.25. The van der Waals surface area contributed by atoms with Crippen LogP contribution in [-0.4, -0.2) is 36.8 Å². The number of aromatic nitrogens is 2. The molecule has 1 N–H and O–H groups in total. The van der Waals surface area contributed by atoms with Crippen molar-refractivity contribution in [1.82, 2.24) is 9.55 Å². The van der Waals surface area contributed by atoms with Crippen molar-refractivity contribution < 1.29 is 23.4 Å². The second-order valence-corrected chi connectivity index (χ2v) is 6.55. The monoisotopic (exact) mass is 397 g/mol. The number of imidazole rings is 1. The molecule has 1 aliphatic heterocycles. The largest absolute Gasteiger partial charge is 0.496 e. The highest BCUT2D eigenvalue weighted by Gasteiger charge is 2.34. The molecule has 0 aliphatic carbocycles. The Balaban J connectivity index is 1.87. The summed E-state index contributed by atoms with van der Waals surface area (Å²) in [7, 11) is 4.63. The molecule has 0 fully saturated rings. The zero-order valence-corrected chi connectivity index (χ0v) is 16.2. The lowest BCUT2D eigenvalue weighted by molar-refractivity contribution is -0.116. The van der Waals surface area contributed by atoms with Crippen LogP contribution >= 0.6 is 0 Å². The first kappa shape index (κ1) is 18.8. The van der Waals surface area contributed by atoms with Gasteiger partial charge in [-0.2, -0.15) is 0 Å². The van der Waals surface area contributed by atoms with Crippen LogP contribution in [-0.2, 0) is 4.79 Å². The van der Waals surface area contributed by atoms with Crippen molar-refractivity contribution in [2.24, 2.45) is 0 Å². The van der Waals surface area contributed by atoms with Crippen molar-refractivity contribution in [2.45, 2.75) is 12.3 Å². The Morgan fingerprint density at radius 2 is 1.76 bits per heavy atom. The molecule has 1 atom stereocenters. The molecule has 8 heteroatoms. The zero-order valence-electron chi connectivity index (χ0n) is 16.2. The molecule has 1 aromatic heterocycles. The molecule has 3 aromatic rings. The summed E-state index contributed by atoms with van der Waals surface area (Å²) >= 11 is 0. The van der Waals surface area contributed by atoms with Crippen LogP contribution in [0.15, 0.2) is 42.7 Å². The van der Waals surface area contributed by atoms with E-state index in [0.717, 1.165) is 5.56 Å². The van der Waals surface area contributed by atoms with E-state index < -0.39 is 5.82 Å². The minimum absolute atomic E-state index is 0.174. The Kier molecular flexibility index (Phi) is 4.84. The van der Waals surface area contributed by atoms with Crippen molar-refractivity contribution in [3.63, 3.8) is 0 Å². The van der Waals surface area contributed by atoms with Crippen LogP contribution < -0.4 is 19.5 Å². The maximum Gasteiger partial charge on any atom is 0.226 e. The topological polar surface area (TPSA) is 74.6 Å². The minimum Gasteiger partial charge on any atom is -0.496 e. The average molecular weight is 397 g/mol. The molecule has 150 valence electrons. The summed E-state index contributed by atoms with van der Waals surface area (Å²) in [5.41, 5.74) is 1.67. The molecule has 2 aromatic carbocycles. The molecule has 4 rings (SSSR count). The number of nitrogens with one attached hydrogen (secondary N) is 1. The van der Waals surface area contributed by atoms with Crippen molar-refractivity contribution in [3.05, 3.63) is 59.8 Å². The van der Waals surface area contributed by atoms with Crippen LogP contribution in [0, 0.1) is 5.82 Å². The van der Waals surface area contributed by atoms with Gasteiger partial charge in [-0.25, -0.2) is 9.37 Å². The fourth-order valence-electron chi connectivity index (χ4n) is 3.62. The molecule has 1 aliphatic rings. The van der Waals surface area contributed by atoms with Crippen LogP contribution in [0.25, 0.3) is 5.69 Å². The predicted octanol–water partition coefficient (Wildman–Crippen LogP) is 3.51. The van der Waals surface area contributed by atoms with E-state index in [1.807, 2.05) is 0 Å². The van der Waals surface area contributed by atoms with Crippen LogP contribution in [0.2, 0.25) is 0 Å². The van der Waals surface area contributed by atoms with Crippen LogP contribution in [0.5, 0.6) is 17.2 Å². The van der Waals surface area contributed by atoms with Gasteiger partial charge >= 0.3 is 0 Å². The molecule has 0 unspecified atom stereocenters. The normalized spacial score (nSPS) is 15.4. The van der Waals surface area contributed by atoms with Crippen LogP contribution in [0.4, 0.5) is 10.2 Å². The average Bonchev–Trinajstić information content (AvgIpc) is 3.15. The van der Waals surface area contributed by atoms with Gasteiger partial charge in [0.1, 0.15) is 23.7 Å². The third-order valence-corrected chi connectivity index (χ3v) is 5.00. The summed E-state index contributed by atoms with van der Waals surface area (Å²) < 4.78 is 32.2. The first-order chi connectivity index (χ1) is 14.1. The van der Waals surface area contributed by atoms with E-state index in [0.29, 0.717) is 34.4 Å². The maximum atomic E-state index is 14.3. The van der Waals surface area contributed by atoms with Crippen molar-refractivity contribution in [3.8, 4) is 22.9 Å². The fourth-order valence-corrected chi connectivity index (χ4v) is 3.62. The number of nitrogens with zero attached hydrogens (tertiary/aromatic N) is 2. The predicted molar refractivity (Wildman–Crippen MR) is 105 cm³/mol. The lowest BCUT2D eigenvalue weighted by atomic mass is 9.88. The number of amides is 1. The summed E-state index contributed by atoms with van der Waals surface area (Å²) in [4.78, 5) is 17.0. The highest BCUT2D eigenvalue weighted by molar-refractivity contribution is 5.94. The highest BCUT2D eigenvalue weighted by Crippen LogP contribution is 2.44. The molecule has 1 amide bonds. The quantitative estimate of drug-likeness (QED) is 0.713. The van der Waals surface area contributed by atoms with Gasteiger partial charge in [0.05, 0.1) is 32.7 Å².